The number of rotatable bonds is 6. The fourth-order valence-electron chi connectivity index (χ4n) is 2.12. The quantitative estimate of drug-likeness (QED) is 0.616. The van der Waals surface area contributed by atoms with Crippen LogP contribution in [0.15, 0.2) is 47.2 Å². The molecule has 0 radical (unpaired) electrons. The molecule has 3 aromatic rings. The van der Waals surface area contributed by atoms with Crippen molar-refractivity contribution >= 4 is 46.1 Å². The van der Waals surface area contributed by atoms with Crippen molar-refractivity contribution in [2.75, 3.05) is 5.32 Å². The molecule has 3 N–H and O–H groups in total. The molecule has 2 amide bonds. The molecule has 0 fully saturated rings. The minimum absolute atomic E-state index is 0.161. The molecule has 0 bridgehead atoms. The lowest BCUT2D eigenvalue weighted by atomic mass is 10.2. The van der Waals surface area contributed by atoms with Gasteiger partial charge in [0.05, 0.1) is 4.88 Å². The zero-order valence-electron chi connectivity index (χ0n) is 14.2. The van der Waals surface area contributed by atoms with Crippen LogP contribution in [0.25, 0.3) is 9.88 Å². The fourth-order valence-corrected chi connectivity index (χ4v) is 3.72. The number of nitrogens with two attached hydrogens (primary N) is 1. The van der Waals surface area contributed by atoms with Crippen LogP contribution in [0.5, 0.6) is 0 Å². The molecule has 138 valence electrons. The van der Waals surface area contributed by atoms with Gasteiger partial charge in [0.2, 0.25) is 5.91 Å². The predicted octanol–water partition coefficient (Wildman–Crippen LogP) is 3.15. The third-order valence-electron chi connectivity index (χ3n) is 3.54. The number of aromatic nitrogens is 1. The van der Waals surface area contributed by atoms with E-state index in [0.717, 1.165) is 9.88 Å². The predicted molar refractivity (Wildman–Crippen MR) is 104 cm³/mol. The fraction of sp³-hybridized carbons (Fsp3) is 0.111. The van der Waals surface area contributed by atoms with Crippen molar-refractivity contribution in [3.63, 3.8) is 0 Å². The first-order valence-electron chi connectivity index (χ1n) is 7.85. The first-order chi connectivity index (χ1) is 12.9. The second-order valence-electron chi connectivity index (χ2n) is 5.49. The number of hydrogen-bond donors (Lipinski definition) is 2. The Labute approximate surface area is 162 Å². The van der Waals surface area contributed by atoms with Crippen molar-refractivity contribution in [2.24, 2.45) is 5.73 Å². The number of benzene rings is 1. The Balaban J connectivity index is 1.59. The monoisotopic (exact) mass is 401 g/mol. The molecule has 7 nitrogen and oxygen atoms in total. The van der Waals surface area contributed by atoms with Gasteiger partial charge in [0, 0.05) is 16.6 Å². The third kappa shape index (κ3) is 4.57. The summed E-state index contributed by atoms with van der Waals surface area (Å²) in [6.07, 6.45) is -1.01. The molecular weight excluding hydrogens is 386 g/mol. The maximum absolute atomic E-state index is 12.2. The zero-order chi connectivity index (χ0) is 19.4. The van der Waals surface area contributed by atoms with Crippen LogP contribution < -0.4 is 11.1 Å². The Morgan fingerprint density at radius 1 is 1.15 bits per heavy atom. The van der Waals surface area contributed by atoms with Gasteiger partial charge in [-0.3, -0.25) is 9.59 Å². The number of amides is 2. The van der Waals surface area contributed by atoms with E-state index in [4.69, 9.17) is 10.5 Å². The number of nitrogens with zero attached hydrogens (tertiary/aromatic N) is 1. The summed E-state index contributed by atoms with van der Waals surface area (Å²) >= 11 is 2.86. The van der Waals surface area contributed by atoms with E-state index >= 15 is 0 Å². The molecule has 2 aromatic heterocycles. The maximum Gasteiger partial charge on any atom is 0.358 e. The van der Waals surface area contributed by atoms with Gasteiger partial charge < -0.3 is 15.8 Å². The minimum Gasteiger partial charge on any atom is -0.448 e. The van der Waals surface area contributed by atoms with Gasteiger partial charge in [0.1, 0.15) is 5.01 Å². The summed E-state index contributed by atoms with van der Waals surface area (Å²) in [5.74, 6) is -1.72. The van der Waals surface area contributed by atoms with E-state index in [1.807, 2.05) is 17.5 Å². The standard InChI is InChI=1S/C18H15N3O4S2/c1-10(16(23)20-12-6-4-11(5-7-12)15(19)22)25-18(24)13-9-27-17(21-13)14-3-2-8-26-14/h2-10H,1H3,(H2,19,22)(H,20,23)/t10-/m1/s1. The van der Waals surface area contributed by atoms with E-state index in [0.29, 0.717) is 11.3 Å². The van der Waals surface area contributed by atoms with Crippen LogP contribution in [-0.4, -0.2) is 28.9 Å². The molecule has 2 heterocycles. The van der Waals surface area contributed by atoms with Crippen molar-refractivity contribution in [1.29, 1.82) is 0 Å². The van der Waals surface area contributed by atoms with Gasteiger partial charge in [-0.1, -0.05) is 6.07 Å². The van der Waals surface area contributed by atoms with E-state index < -0.39 is 23.9 Å². The smallest absolute Gasteiger partial charge is 0.358 e. The number of ether oxygens (including phenoxy) is 1. The molecule has 0 spiro atoms. The van der Waals surface area contributed by atoms with E-state index in [9.17, 15) is 14.4 Å². The van der Waals surface area contributed by atoms with Crippen molar-refractivity contribution < 1.29 is 19.1 Å². The first-order valence-corrected chi connectivity index (χ1v) is 9.61. The van der Waals surface area contributed by atoms with Crippen molar-refractivity contribution in [3.8, 4) is 9.88 Å². The Morgan fingerprint density at radius 3 is 2.52 bits per heavy atom. The highest BCUT2D eigenvalue weighted by atomic mass is 32.1. The number of esters is 1. The number of anilines is 1. The summed E-state index contributed by atoms with van der Waals surface area (Å²) in [4.78, 5) is 40.7. The van der Waals surface area contributed by atoms with Gasteiger partial charge in [0.15, 0.2) is 11.8 Å². The minimum atomic E-state index is -1.01. The number of hydrogen-bond acceptors (Lipinski definition) is 7. The summed E-state index contributed by atoms with van der Waals surface area (Å²) < 4.78 is 5.19. The number of thiazole rings is 1. The summed E-state index contributed by atoms with van der Waals surface area (Å²) in [5.41, 5.74) is 6.12. The largest absolute Gasteiger partial charge is 0.448 e. The van der Waals surface area contributed by atoms with Crippen LogP contribution in [0.4, 0.5) is 5.69 Å². The maximum atomic E-state index is 12.2. The van der Waals surface area contributed by atoms with E-state index in [2.05, 4.69) is 10.3 Å². The van der Waals surface area contributed by atoms with Gasteiger partial charge in [-0.05, 0) is 42.6 Å². The molecule has 0 unspecified atom stereocenters. The normalized spacial score (nSPS) is 11.6. The lowest BCUT2D eigenvalue weighted by Crippen LogP contribution is -2.30. The summed E-state index contributed by atoms with van der Waals surface area (Å²) in [5, 5.41) is 6.86. The van der Waals surface area contributed by atoms with E-state index in [-0.39, 0.29) is 5.69 Å². The lowest BCUT2D eigenvalue weighted by molar-refractivity contribution is -0.123. The number of thiophene rings is 1. The second-order valence-corrected chi connectivity index (χ2v) is 7.30. The molecule has 1 atom stereocenters. The molecule has 3 rings (SSSR count). The van der Waals surface area contributed by atoms with Crippen molar-refractivity contribution in [1.82, 2.24) is 4.98 Å². The Hall–Kier alpha value is -3.04. The highest BCUT2D eigenvalue weighted by Crippen LogP contribution is 2.28. The Kier molecular flexibility index (Phi) is 5.63. The molecule has 0 aliphatic carbocycles. The number of primary amides is 1. The molecule has 0 saturated carbocycles. The summed E-state index contributed by atoms with van der Waals surface area (Å²) in [6, 6.07) is 9.90. The van der Waals surface area contributed by atoms with Gasteiger partial charge in [-0.15, -0.1) is 22.7 Å². The molecule has 0 aliphatic rings. The lowest BCUT2D eigenvalue weighted by Gasteiger charge is -2.13. The number of carbonyl (C=O) groups is 3. The van der Waals surface area contributed by atoms with Gasteiger partial charge >= 0.3 is 5.97 Å². The molecule has 9 heteroatoms. The Morgan fingerprint density at radius 2 is 1.89 bits per heavy atom. The van der Waals surface area contributed by atoms with E-state index in [1.54, 1.807) is 17.5 Å². The van der Waals surface area contributed by atoms with Crippen molar-refractivity contribution in [3.05, 3.63) is 58.4 Å². The second kappa shape index (κ2) is 8.11. The Bertz CT molecular complexity index is 965. The average Bonchev–Trinajstić information content (AvgIpc) is 3.33. The van der Waals surface area contributed by atoms with E-state index in [1.165, 1.54) is 41.7 Å². The van der Waals surface area contributed by atoms with Crippen LogP contribution in [0, 0.1) is 0 Å². The average molecular weight is 401 g/mol. The molecule has 27 heavy (non-hydrogen) atoms. The number of carbonyl (C=O) groups excluding carboxylic acids is 3. The number of nitrogens with one attached hydrogen (secondary N) is 1. The highest BCUT2D eigenvalue weighted by Gasteiger charge is 2.21. The molecule has 0 saturated heterocycles. The van der Waals surface area contributed by atoms with Gasteiger partial charge in [0.25, 0.3) is 5.91 Å². The summed E-state index contributed by atoms with van der Waals surface area (Å²) in [7, 11) is 0. The van der Waals surface area contributed by atoms with Gasteiger partial charge in [-0.2, -0.15) is 0 Å². The van der Waals surface area contributed by atoms with Crippen LogP contribution in [0.2, 0.25) is 0 Å². The first kappa shape index (κ1) is 18.7. The summed E-state index contributed by atoms with van der Waals surface area (Å²) in [6.45, 7) is 1.47. The molecule has 1 aromatic carbocycles. The topological polar surface area (TPSA) is 111 Å². The van der Waals surface area contributed by atoms with Crippen LogP contribution in [-0.2, 0) is 9.53 Å². The molecular formula is C18H15N3O4S2. The SMILES string of the molecule is C[C@@H](OC(=O)c1csc(-c2cccs2)n1)C(=O)Nc1ccc(C(N)=O)cc1. The van der Waals surface area contributed by atoms with Crippen LogP contribution in [0.3, 0.4) is 0 Å². The highest BCUT2D eigenvalue weighted by molar-refractivity contribution is 7.20. The third-order valence-corrected chi connectivity index (χ3v) is 5.42. The van der Waals surface area contributed by atoms with Gasteiger partial charge in [-0.25, -0.2) is 9.78 Å². The van der Waals surface area contributed by atoms with Crippen LogP contribution in [0.1, 0.15) is 27.8 Å². The zero-order valence-corrected chi connectivity index (χ0v) is 15.8. The van der Waals surface area contributed by atoms with Crippen molar-refractivity contribution in [2.45, 2.75) is 13.0 Å². The van der Waals surface area contributed by atoms with Crippen LogP contribution >= 0.6 is 22.7 Å². The molecule has 0 aliphatic heterocycles.